The first-order chi connectivity index (χ1) is 22.6. The molecule has 0 aliphatic carbocycles. The van der Waals surface area contributed by atoms with Gasteiger partial charge in [-0.25, -0.2) is 9.38 Å². The number of aryl methyl sites for hydroxylation is 2. The molecule has 1 saturated heterocycles. The maximum absolute atomic E-state index is 15.7. The molecule has 0 bridgehead atoms. The normalized spacial score (nSPS) is 15.0. The van der Waals surface area contributed by atoms with E-state index in [1.165, 1.54) is 13.2 Å². The van der Waals surface area contributed by atoms with Gasteiger partial charge in [0.2, 0.25) is 0 Å². The zero-order valence-electron chi connectivity index (χ0n) is 27.7. The second-order valence-corrected chi connectivity index (χ2v) is 12.7. The molecule has 12 heteroatoms. The lowest BCUT2D eigenvalue weighted by Gasteiger charge is -2.31. The third kappa shape index (κ3) is 8.58. The number of aliphatic imine (C=N–C) groups is 1. The van der Waals surface area contributed by atoms with Gasteiger partial charge in [-0.15, -0.1) is 0 Å². The molecule has 0 saturated carbocycles. The molecule has 1 N–H and O–H groups in total. The van der Waals surface area contributed by atoms with Crippen LogP contribution in [0, 0.1) is 25.6 Å². The molecule has 48 heavy (non-hydrogen) atoms. The van der Waals surface area contributed by atoms with E-state index in [0.717, 1.165) is 42.1 Å². The number of aromatic nitrogens is 1. The summed E-state index contributed by atoms with van der Waals surface area (Å²) in [7, 11) is 1.51. The quantitative estimate of drug-likeness (QED) is 0.155. The zero-order chi connectivity index (χ0) is 35.3. The number of ether oxygens (including phenoxy) is 1. The number of hydrogen-bond acceptors (Lipinski definition) is 5. The van der Waals surface area contributed by atoms with Crippen molar-refractivity contribution in [3.05, 3.63) is 86.6 Å². The Balaban J connectivity index is 1.76. The van der Waals surface area contributed by atoms with Crippen LogP contribution in [-0.2, 0) is 22.2 Å². The molecular weight excluding hydrogens is 630 g/mol. The number of aliphatic carboxylic acids is 1. The molecule has 8 nitrogen and oxygen atoms in total. The van der Waals surface area contributed by atoms with E-state index in [4.69, 9.17) is 4.74 Å². The van der Waals surface area contributed by atoms with Crippen molar-refractivity contribution in [1.29, 1.82) is 0 Å². The maximum Gasteiger partial charge on any atom is 0.416 e. The van der Waals surface area contributed by atoms with Gasteiger partial charge in [0.05, 0.1) is 19.1 Å². The van der Waals surface area contributed by atoms with Gasteiger partial charge in [0.15, 0.2) is 0 Å². The Labute approximate surface area is 277 Å². The third-order valence-electron chi connectivity index (χ3n) is 8.63. The highest BCUT2D eigenvalue weighted by Gasteiger charge is 2.35. The van der Waals surface area contributed by atoms with E-state index < -0.39 is 53.4 Å². The lowest BCUT2D eigenvalue weighted by atomic mass is 9.89. The molecule has 3 aromatic rings. The molecule has 1 aromatic heterocycles. The Kier molecular flexibility index (Phi) is 11.6. The minimum absolute atomic E-state index is 0.00496. The van der Waals surface area contributed by atoms with Crippen LogP contribution in [0.1, 0.15) is 72.9 Å². The molecular formula is C36H41F4N3O5. The van der Waals surface area contributed by atoms with Crippen LogP contribution in [0.5, 0.6) is 5.75 Å². The van der Waals surface area contributed by atoms with Crippen molar-refractivity contribution in [2.24, 2.45) is 10.9 Å². The van der Waals surface area contributed by atoms with Gasteiger partial charge in [-0.2, -0.15) is 13.2 Å². The average molecular weight is 672 g/mol. The van der Waals surface area contributed by atoms with Crippen LogP contribution in [0.3, 0.4) is 0 Å². The van der Waals surface area contributed by atoms with Crippen molar-refractivity contribution in [3.8, 4) is 16.9 Å². The Hall–Kier alpha value is -4.32. The number of rotatable bonds is 13. The second-order valence-electron chi connectivity index (χ2n) is 12.7. The number of likely N-dealkylation sites (tertiary alicyclic amines) is 1. The molecule has 1 amide bonds. The smallest absolute Gasteiger partial charge is 0.416 e. The SMILES string of the molecule is COc1cccc(C)c1-c1cc(C)c(F)c(C(C=NC(=O)C(CC(C)C)n2cc(CCN3CCC3)c(C(F)(F)F)cc2=O)CC(=O)O)c1. The van der Waals surface area contributed by atoms with Crippen LogP contribution < -0.4 is 10.3 Å². The fourth-order valence-electron chi connectivity index (χ4n) is 6.03. The number of carbonyl (C=O) groups excluding carboxylic acids is 1. The van der Waals surface area contributed by atoms with E-state index in [-0.39, 0.29) is 35.4 Å². The summed E-state index contributed by atoms with van der Waals surface area (Å²) in [5.41, 5.74) is 0.187. The van der Waals surface area contributed by atoms with Crippen molar-refractivity contribution in [3.63, 3.8) is 0 Å². The summed E-state index contributed by atoms with van der Waals surface area (Å²) in [6.45, 7) is 8.92. The van der Waals surface area contributed by atoms with Crippen LogP contribution >= 0.6 is 0 Å². The molecule has 2 heterocycles. The average Bonchev–Trinajstić information content (AvgIpc) is 2.98. The summed E-state index contributed by atoms with van der Waals surface area (Å²) in [6.07, 6.45) is -2.14. The first-order valence-electron chi connectivity index (χ1n) is 15.9. The van der Waals surface area contributed by atoms with Crippen molar-refractivity contribution in [1.82, 2.24) is 9.47 Å². The molecule has 1 fully saturated rings. The maximum atomic E-state index is 15.7. The van der Waals surface area contributed by atoms with Crippen LogP contribution in [0.4, 0.5) is 17.6 Å². The van der Waals surface area contributed by atoms with Crippen LogP contribution in [0.15, 0.2) is 52.4 Å². The van der Waals surface area contributed by atoms with Gasteiger partial charge in [-0.3, -0.25) is 14.4 Å². The van der Waals surface area contributed by atoms with Gasteiger partial charge in [0, 0.05) is 36.5 Å². The lowest BCUT2D eigenvalue weighted by Crippen LogP contribution is -2.39. The number of benzene rings is 2. The summed E-state index contributed by atoms with van der Waals surface area (Å²) in [6, 6.07) is 7.81. The van der Waals surface area contributed by atoms with E-state index in [1.807, 2.05) is 24.0 Å². The van der Waals surface area contributed by atoms with Crippen LogP contribution in [0.2, 0.25) is 0 Å². The minimum Gasteiger partial charge on any atom is -0.496 e. The summed E-state index contributed by atoms with van der Waals surface area (Å²) in [5.74, 6) is -3.60. The summed E-state index contributed by atoms with van der Waals surface area (Å²) in [5, 5.41) is 9.73. The fraction of sp³-hybridized carbons (Fsp3) is 0.444. The number of hydrogen-bond donors (Lipinski definition) is 1. The topological polar surface area (TPSA) is 101 Å². The molecule has 1 aliphatic rings. The number of amides is 1. The standard InChI is InChI=1S/C36H41F4N3O5/c1-21(2)14-29(43-20-24(10-13-42-11-7-12-42)28(18-31(43)44)36(38,39)40)35(47)41-19-26(17-32(45)46)27-16-25(15-23(4)34(27)37)33-22(3)8-6-9-30(33)48-5/h6,8-9,15-16,18-21,26,29H,7,10-14,17H2,1-5H3,(H,45,46). The molecule has 2 unspecified atom stereocenters. The third-order valence-corrected chi connectivity index (χ3v) is 8.63. The number of carboxylic acid groups (broad SMARTS) is 1. The van der Waals surface area contributed by atoms with Crippen LogP contribution in [-0.4, -0.2) is 59.4 Å². The van der Waals surface area contributed by atoms with Gasteiger partial charge in [-0.1, -0.05) is 26.0 Å². The molecule has 0 spiro atoms. The molecule has 258 valence electrons. The lowest BCUT2D eigenvalue weighted by molar-refractivity contribution is -0.138. The highest BCUT2D eigenvalue weighted by molar-refractivity contribution is 5.91. The number of alkyl halides is 3. The van der Waals surface area contributed by atoms with E-state index in [2.05, 4.69) is 4.99 Å². The number of halogens is 4. The van der Waals surface area contributed by atoms with Crippen molar-refractivity contribution in [2.45, 2.75) is 71.5 Å². The predicted octanol–water partition coefficient (Wildman–Crippen LogP) is 6.99. The van der Waals surface area contributed by atoms with Crippen molar-refractivity contribution < 1.29 is 37.0 Å². The Morgan fingerprint density at radius 1 is 1.10 bits per heavy atom. The van der Waals surface area contributed by atoms with Gasteiger partial charge in [0.25, 0.3) is 11.5 Å². The largest absolute Gasteiger partial charge is 0.496 e. The highest BCUT2D eigenvalue weighted by Crippen LogP contribution is 2.37. The second kappa shape index (κ2) is 15.3. The first-order valence-corrected chi connectivity index (χ1v) is 15.9. The highest BCUT2D eigenvalue weighted by atomic mass is 19.4. The fourth-order valence-corrected chi connectivity index (χ4v) is 6.03. The molecule has 1 aliphatic heterocycles. The molecule has 4 rings (SSSR count). The van der Waals surface area contributed by atoms with Gasteiger partial charge < -0.3 is 19.3 Å². The van der Waals surface area contributed by atoms with Gasteiger partial charge in [0.1, 0.15) is 17.6 Å². The van der Waals surface area contributed by atoms with E-state index >= 15 is 4.39 Å². The number of carboxylic acids is 1. The van der Waals surface area contributed by atoms with Gasteiger partial charge >= 0.3 is 12.1 Å². The first kappa shape index (κ1) is 36.5. The Morgan fingerprint density at radius 2 is 1.81 bits per heavy atom. The van der Waals surface area contributed by atoms with E-state index in [9.17, 15) is 32.7 Å². The zero-order valence-corrected chi connectivity index (χ0v) is 27.7. The Bertz CT molecular complexity index is 1740. The van der Waals surface area contributed by atoms with E-state index in [0.29, 0.717) is 29.5 Å². The molecule has 2 atom stereocenters. The van der Waals surface area contributed by atoms with Gasteiger partial charge in [-0.05, 0) is 98.1 Å². The summed E-state index contributed by atoms with van der Waals surface area (Å²) < 4.78 is 64.0. The van der Waals surface area contributed by atoms with Crippen LogP contribution in [0.25, 0.3) is 11.1 Å². The molecule has 2 aromatic carbocycles. The number of methoxy groups -OCH3 is 1. The van der Waals surface area contributed by atoms with Crippen molar-refractivity contribution >= 4 is 18.1 Å². The monoisotopic (exact) mass is 671 g/mol. The number of pyridine rings is 1. The van der Waals surface area contributed by atoms with Crippen molar-refractivity contribution in [2.75, 3.05) is 26.7 Å². The summed E-state index contributed by atoms with van der Waals surface area (Å²) >= 11 is 0. The Morgan fingerprint density at radius 3 is 2.40 bits per heavy atom. The predicted molar refractivity (Wildman–Crippen MR) is 175 cm³/mol. The van der Waals surface area contributed by atoms with E-state index in [1.54, 1.807) is 32.9 Å². The number of nitrogens with zero attached hydrogens (tertiary/aromatic N) is 3. The summed E-state index contributed by atoms with van der Waals surface area (Å²) in [4.78, 5) is 44.8. The molecule has 0 radical (unpaired) electrons. The minimum atomic E-state index is -4.76. The number of carbonyl (C=O) groups is 2.